The molecule has 106 valence electrons. The monoisotopic (exact) mass is 325 g/mol. The van der Waals surface area contributed by atoms with E-state index < -0.39 is 0 Å². The highest BCUT2D eigenvalue weighted by Crippen LogP contribution is 2.31. The maximum Gasteiger partial charge on any atom is 0.119 e. The molecule has 0 amide bonds. The van der Waals surface area contributed by atoms with Gasteiger partial charge in [-0.15, -0.1) is 0 Å². The van der Waals surface area contributed by atoms with Gasteiger partial charge in [-0.25, -0.2) is 0 Å². The Kier molecular flexibility index (Phi) is 5.71. The smallest absolute Gasteiger partial charge is 0.119 e. The van der Waals surface area contributed by atoms with Crippen LogP contribution in [-0.4, -0.2) is 19.7 Å². The van der Waals surface area contributed by atoms with Crippen molar-refractivity contribution < 1.29 is 4.74 Å². The summed E-state index contributed by atoms with van der Waals surface area (Å²) in [5.41, 5.74) is 0. The molecule has 3 heteroatoms. The normalized spacial score (nSPS) is 27.2. The maximum atomic E-state index is 5.84. The lowest BCUT2D eigenvalue weighted by molar-refractivity contribution is 0.179. The molecule has 1 aliphatic carbocycles. The zero-order valence-electron chi connectivity index (χ0n) is 11.9. The second kappa shape index (κ2) is 7.30. The van der Waals surface area contributed by atoms with Gasteiger partial charge in [0.25, 0.3) is 0 Å². The molecule has 0 radical (unpaired) electrons. The Balaban J connectivity index is 1.78. The Hall–Kier alpha value is -0.540. The van der Waals surface area contributed by atoms with Gasteiger partial charge in [0.15, 0.2) is 0 Å². The fourth-order valence-corrected chi connectivity index (χ4v) is 3.32. The zero-order chi connectivity index (χ0) is 13.7. The molecule has 0 aromatic heterocycles. The molecule has 1 N–H and O–H groups in total. The lowest BCUT2D eigenvalue weighted by Crippen LogP contribution is -2.38. The van der Waals surface area contributed by atoms with E-state index in [0.29, 0.717) is 6.04 Å². The van der Waals surface area contributed by atoms with Crippen LogP contribution in [0.1, 0.15) is 32.6 Å². The molecule has 2 rings (SSSR count). The molecular weight excluding hydrogens is 302 g/mol. The van der Waals surface area contributed by atoms with Crippen LogP contribution in [0.25, 0.3) is 0 Å². The van der Waals surface area contributed by atoms with Crippen molar-refractivity contribution in [1.82, 2.24) is 5.32 Å². The first kappa shape index (κ1) is 14.9. The highest BCUT2D eigenvalue weighted by atomic mass is 79.9. The van der Waals surface area contributed by atoms with Gasteiger partial charge >= 0.3 is 0 Å². The Labute approximate surface area is 125 Å². The van der Waals surface area contributed by atoms with Gasteiger partial charge in [-0.05, 0) is 68.8 Å². The van der Waals surface area contributed by atoms with Crippen LogP contribution in [-0.2, 0) is 0 Å². The van der Waals surface area contributed by atoms with Crippen molar-refractivity contribution in [3.8, 4) is 5.75 Å². The average Bonchev–Trinajstić information content (AvgIpc) is 2.41. The van der Waals surface area contributed by atoms with Crippen molar-refractivity contribution in [3.63, 3.8) is 0 Å². The van der Waals surface area contributed by atoms with Crippen molar-refractivity contribution in [2.24, 2.45) is 11.8 Å². The summed E-state index contributed by atoms with van der Waals surface area (Å²) in [6, 6.07) is 8.75. The molecule has 1 saturated carbocycles. The van der Waals surface area contributed by atoms with Gasteiger partial charge in [0.2, 0.25) is 0 Å². The molecule has 0 spiro atoms. The van der Waals surface area contributed by atoms with E-state index in [1.165, 1.54) is 19.3 Å². The van der Waals surface area contributed by atoms with Crippen LogP contribution < -0.4 is 10.1 Å². The predicted molar refractivity (Wildman–Crippen MR) is 83.6 cm³/mol. The van der Waals surface area contributed by atoms with E-state index in [-0.39, 0.29) is 0 Å². The second-order valence-electron chi connectivity index (χ2n) is 5.66. The summed E-state index contributed by atoms with van der Waals surface area (Å²) in [4.78, 5) is 0. The van der Waals surface area contributed by atoms with Crippen LogP contribution >= 0.6 is 15.9 Å². The lowest BCUT2D eigenvalue weighted by Gasteiger charge is -2.34. The van der Waals surface area contributed by atoms with Crippen molar-refractivity contribution in [2.45, 2.75) is 38.6 Å². The molecule has 1 aromatic rings. The Bertz CT molecular complexity index is 379. The molecule has 0 aliphatic heterocycles. The zero-order valence-corrected chi connectivity index (χ0v) is 13.4. The summed E-state index contributed by atoms with van der Waals surface area (Å²) in [6.45, 7) is 3.19. The molecular formula is C16H24BrNO. The van der Waals surface area contributed by atoms with E-state index in [0.717, 1.165) is 35.1 Å². The Morgan fingerprint density at radius 1 is 1.26 bits per heavy atom. The first-order valence-electron chi connectivity index (χ1n) is 7.24. The minimum Gasteiger partial charge on any atom is -0.494 e. The number of hydrogen-bond acceptors (Lipinski definition) is 2. The number of benzene rings is 1. The number of ether oxygens (including phenoxy) is 1. The average molecular weight is 326 g/mol. The Morgan fingerprint density at radius 2 is 2.00 bits per heavy atom. The van der Waals surface area contributed by atoms with Crippen LogP contribution in [0.4, 0.5) is 0 Å². The highest BCUT2D eigenvalue weighted by molar-refractivity contribution is 9.10. The lowest BCUT2D eigenvalue weighted by atomic mass is 9.77. The third kappa shape index (κ3) is 4.50. The van der Waals surface area contributed by atoms with Gasteiger partial charge in [0, 0.05) is 10.5 Å². The van der Waals surface area contributed by atoms with Crippen LogP contribution in [0.3, 0.4) is 0 Å². The first-order chi connectivity index (χ1) is 9.19. The first-order valence-corrected chi connectivity index (χ1v) is 8.04. The molecule has 19 heavy (non-hydrogen) atoms. The summed E-state index contributed by atoms with van der Waals surface area (Å²) in [7, 11) is 2.09. The van der Waals surface area contributed by atoms with E-state index in [1.54, 1.807) is 0 Å². The van der Waals surface area contributed by atoms with Gasteiger partial charge in [-0.1, -0.05) is 22.9 Å². The third-order valence-corrected chi connectivity index (χ3v) is 4.72. The van der Waals surface area contributed by atoms with Gasteiger partial charge < -0.3 is 10.1 Å². The van der Waals surface area contributed by atoms with Crippen LogP contribution in [0.2, 0.25) is 0 Å². The van der Waals surface area contributed by atoms with Gasteiger partial charge in [0.05, 0.1) is 6.61 Å². The summed E-state index contributed by atoms with van der Waals surface area (Å²) >= 11 is 3.44. The number of hydrogen-bond donors (Lipinski definition) is 1. The van der Waals surface area contributed by atoms with Crippen LogP contribution in [0.15, 0.2) is 28.7 Å². The number of nitrogens with one attached hydrogen (secondary N) is 1. The summed E-state index contributed by atoms with van der Waals surface area (Å²) in [6.07, 6.45) is 5.14. The van der Waals surface area contributed by atoms with Crippen molar-refractivity contribution in [2.75, 3.05) is 13.7 Å². The minimum absolute atomic E-state index is 0.671. The molecule has 3 atom stereocenters. The van der Waals surface area contributed by atoms with E-state index in [4.69, 9.17) is 4.74 Å². The minimum atomic E-state index is 0.671. The van der Waals surface area contributed by atoms with E-state index in [2.05, 4.69) is 35.2 Å². The number of rotatable bonds is 5. The quantitative estimate of drug-likeness (QED) is 0.874. The summed E-state index contributed by atoms with van der Waals surface area (Å²) in [5.74, 6) is 2.58. The van der Waals surface area contributed by atoms with Gasteiger partial charge in [-0.2, -0.15) is 0 Å². The second-order valence-corrected chi connectivity index (χ2v) is 6.58. The molecule has 1 fully saturated rings. The Morgan fingerprint density at radius 3 is 2.68 bits per heavy atom. The van der Waals surface area contributed by atoms with E-state index in [1.807, 2.05) is 24.3 Å². The van der Waals surface area contributed by atoms with Crippen molar-refractivity contribution >= 4 is 15.9 Å². The molecule has 1 aliphatic rings. The molecule has 1 aromatic carbocycles. The SMILES string of the molecule is CNC1CCC(C)CC1CCOc1ccc(Br)cc1. The highest BCUT2D eigenvalue weighted by Gasteiger charge is 2.27. The van der Waals surface area contributed by atoms with Crippen LogP contribution in [0, 0.1) is 11.8 Å². The molecule has 0 heterocycles. The number of halogens is 1. The largest absolute Gasteiger partial charge is 0.494 e. The fourth-order valence-electron chi connectivity index (χ4n) is 3.06. The van der Waals surface area contributed by atoms with Crippen molar-refractivity contribution in [3.05, 3.63) is 28.7 Å². The van der Waals surface area contributed by atoms with Crippen molar-refractivity contribution in [1.29, 1.82) is 0 Å². The maximum absolute atomic E-state index is 5.84. The summed E-state index contributed by atoms with van der Waals surface area (Å²) in [5, 5.41) is 3.47. The molecule has 2 nitrogen and oxygen atoms in total. The van der Waals surface area contributed by atoms with E-state index >= 15 is 0 Å². The summed E-state index contributed by atoms with van der Waals surface area (Å²) < 4.78 is 6.94. The molecule has 3 unspecified atom stereocenters. The topological polar surface area (TPSA) is 21.3 Å². The van der Waals surface area contributed by atoms with Gasteiger partial charge in [0.1, 0.15) is 5.75 Å². The molecule has 0 bridgehead atoms. The third-order valence-electron chi connectivity index (χ3n) is 4.19. The van der Waals surface area contributed by atoms with Crippen LogP contribution in [0.5, 0.6) is 5.75 Å². The van der Waals surface area contributed by atoms with Gasteiger partial charge in [-0.3, -0.25) is 0 Å². The van der Waals surface area contributed by atoms with E-state index in [9.17, 15) is 0 Å². The molecule has 0 saturated heterocycles. The standard InChI is InChI=1S/C16H24BrNO/c1-12-3-8-16(18-2)13(11-12)9-10-19-15-6-4-14(17)5-7-15/h4-7,12-13,16,18H,3,8-11H2,1-2H3. The predicted octanol–water partition coefficient (Wildman–Crippen LogP) is 4.24. The fraction of sp³-hybridized carbons (Fsp3) is 0.625.